The normalized spacial score (nSPS) is 14.7. The van der Waals surface area contributed by atoms with E-state index in [1.54, 1.807) is 0 Å². The lowest BCUT2D eigenvalue weighted by atomic mass is 9.87. The van der Waals surface area contributed by atoms with Crippen LogP contribution in [0.4, 0.5) is 0 Å². The van der Waals surface area contributed by atoms with Gasteiger partial charge in [-0.25, -0.2) is 0 Å². The number of aromatic nitrogens is 3. The minimum Gasteiger partial charge on any atom is -0.492 e. The summed E-state index contributed by atoms with van der Waals surface area (Å²) in [6.45, 7) is 5.00. The molecule has 0 saturated heterocycles. The van der Waals surface area contributed by atoms with Crippen molar-refractivity contribution < 1.29 is 4.74 Å². The van der Waals surface area contributed by atoms with E-state index in [9.17, 15) is 0 Å². The minimum atomic E-state index is -0.314. The third kappa shape index (κ3) is 3.07. The number of benzene rings is 1. The van der Waals surface area contributed by atoms with Crippen molar-refractivity contribution in [3.63, 3.8) is 0 Å². The molecule has 136 valence electrons. The molecule has 4 rings (SSSR count). The molecule has 5 heteroatoms. The second-order valence-electron chi connectivity index (χ2n) is 7.32. The molecule has 0 bridgehead atoms. The van der Waals surface area contributed by atoms with E-state index in [1.807, 2.05) is 24.5 Å². The minimum absolute atomic E-state index is 0.314. The van der Waals surface area contributed by atoms with Crippen molar-refractivity contribution in [1.29, 1.82) is 0 Å². The fourth-order valence-electron chi connectivity index (χ4n) is 3.34. The van der Waals surface area contributed by atoms with Crippen LogP contribution in [0.2, 0.25) is 0 Å². The zero-order valence-electron chi connectivity index (χ0n) is 15.5. The van der Waals surface area contributed by atoms with Crippen molar-refractivity contribution in [2.75, 3.05) is 6.61 Å². The van der Waals surface area contributed by atoms with Gasteiger partial charge in [-0.15, -0.1) is 0 Å². The molecule has 26 heavy (non-hydrogen) atoms. The molecule has 1 aromatic carbocycles. The first-order valence-corrected chi connectivity index (χ1v) is 9.49. The number of nitrogens with one attached hydrogen (secondary N) is 1. The van der Waals surface area contributed by atoms with Gasteiger partial charge in [-0.1, -0.05) is 19.9 Å². The molecule has 0 aliphatic heterocycles. The van der Waals surface area contributed by atoms with Gasteiger partial charge < -0.3 is 10.5 Å². The number of nitrogens with two attached hydrogens (primary N) is 1. The second kappa shape index (κ2) is 6.72. The zero-order chi connectivity index (χ0) is 18.1. The average molecular weight is 350 g/mol. The largest absolute Gasteiger partial charge is 0.492 e. The van der Waals surface area contributed by atoms with Crippen LogP contribution in [0.1, 0.15) is 45.1 Å². The number of H-pyrrole nitrogens is 1. The summed E-state index contributed by atoms with van der Waals surface area (Å²) in [5.74, 6) is 1.56. The van der Waals surface area contributed by atoms with E-state index in [1.165, 1.54) is 12.8 Å². The summed E-state index contributed by atoms with van der Waals surface area (Å²) in [6, 6.07) is 8.23. The predicted octanol–water partition coefficient (Wildman–Crippen LogP) is 4.39. The molecule has 5 nitrogen and oxygen atoms in total. The van der Waals surface area contributed by atoms with Crippen molar-refractivity contribution in [2.24, 2.45) is 11.7 Å². The molecule has 0 radical (unpaired) electrons. The number of hydrogen-bond acceptors (Lipinski definition) is 4. The van der Waals surface area contributed by atoms with E-state index in [-0.39, 0.29) is 5.54 Å². The summed E-state index contributed by atoms with van der Waals surface area (Å²) < 4.78 is 6.20. The fraction of sp³-hybridized carbons (Fsp3) is 0.429. The van der Waals surface area contributed by atoms with Crippen LogP contribution in [0.5, 0.6) is 5.75 Å². The highest BCUT2D eigenvalue weighted by molar-refractivity contribution is 5.92. The van der Waals surface area contributed by atoms with Crippen molar-refractivity contribution >= 4 is 10.9 Å². The molecule has 3 aromatic rings. The number of aromatic amines is 1. The Kier molecular flexibility index (Phi) is 4.41. The molecule has 0 unspecified atom stereocenters. The summed E-state index contributed by atoms with van der Waals surface area (Å²) in [4.78, 5) is 4.71. The van der Waals surface area contributed by atoms with E-state index < -0.39 is 0 Å². The zero-order valence-corrected chi connectivity index (χ0v) is 15.5. The number of hydrogen-bond donors (Lipinski definition) is 2. The summed E-state index contributed by atoms with van der Waals surface area (Å²) >= 11 is 0. The standard InChI is InChI=1S/C21H26N4O/c1-3-21(22,4-2)15-7-9-18(23-11-15)16-8-10-19-17(12-24-25-19)20(16)26-13-14-5-6-14/h7-12,14H,3-6,13,22H2,1-2H3,(H,24,25). The SMILES string of the molecule is CCC(N)(CC)c1ccc(-c2ccc3[nH]ncc3c2OCC2CC2)nc1. The monoisotopic (exact) mass is 350 g/mol. The van der Waals surface area contributed by atoms with Crippen LogP contribution < -0.4 is 10.5 Å². The van der Waals surface area contributed by atoms with Gasteiger partial charge in [-0.3, -0.25) is 10.1 Å². The highest BCUT2D eigenvalue weighted by Gasteiger charge is 2.25. The lowest BCUT2D eigenvalue weighted by Crippen LogP contribution is -2.35. The first kappa shape index (κ1) is 17.0. The number of rotatable bonds is 7. The van der Waals surface area contributed by atoms with Crippen molar-refractivity contribution in [3.8, 4) is 17.0 Å². The summed E-state index contributed by atoms with van der Waals surface area (Å²) in [6.07, 6.45) is 8.04. The van der Waals surface area contributed by atoms with Crippen LogP contribution in [0.3, 0.4) is 0 Å². The fourth-order valence-corrected chi connectivity index (χ4v) is 3.34. The van der Waals surface area contributed by atoms with Crippen molar-refractivity contribution in [2.45, 2.75) is 45.1 Å². The Morgan fingerprint density at radius 1 is 1.15 bits per heavy atom. The van der Waals surface area contributed by atoms with Gasteiger partial charge in [0.1, 0.15) is 5.75 Å². The lowest BCUT2D eigenvalue weighted by Gasteiger charge is -2.27. The van der Waals surface area contributed by atoms with Crippen molar-refractivity contribution in [1.82, 2.24) is 15.2 Å². The Morgan fingerprint density at radius 2 is 1.96 bits per heavy atom. The third-order valence-electron chi connectivity index (χ3n) is 5.61. The molecular formula is C21H26N4O. The topological polar surface area (TPSA) is 76.8 Å². The Morgan fingerprint density at radius 3 is 2.62 bits per heavy atom. The van der Waals surface area contributed by atoms with Gasteiger partial charge in [0.25, 0.3) is 0 Å². The van der Waals surface area contributed by atoms with Crippen LogP contribution in [0.25, 0.3) is 22.2 Å². The maximum atomic E-state index is 6.51. The van der Waals surface area contributed by atoms with Crippen LogP contribution in [-0.2, 0) is 5.54 Å². The van der Waals surface area contributed by atoms with Gasteiger partial charge in [-0.05, 0) is 55.4 Å². The van der Waals surface area contributed by atoms with E-state index in [0.717, 1.165) is 52.9 Å². The third-order valence-corrected chi connectivity index (χ3v) is 5.61. The average Bonchev–Trinajstić information content (AvgIpc) is 3.39. The van der Waals surface area contributed by atoms with Crippen LogP contribution in [-0.4, -0.2) is 21.8 Å². The molecule has 2 heterocycles. The highest BCUT2D eigenvalue weighted by atomic mass is 16.5. The maximum Gasteiger partial charge on any atom is 0.139 e. The van der Waals surface area contributed by atoms with Gasteiger partial charge in [0.05, 0.1) is 29.4 Å². The number of nitrogens with zero attached hydrogens (tertiary/aromatic N) is 2. The van der Waals surface area contributed by atoms with E-state index >= 15 is 0 Å². The van der Waals surface area contributed by atoms with Crippen LogP contribution >= 0.6 is 0 Å². The molecule has 1 saturated carbocycles. The molecule has 1 fully saturated rings. The van der Waals surface area contributed by atoms with E-state index in [4.69, 9.17) is 15.5 Å². The van der Waals surface area contributed by atoms with Gasteiger partial charge in [0.15, 0.2) is 0 Å². The van der Waals surface area contributed by atoms with Gasteiger partial charge in [-0.2, -0.15) is 5.10 Å². The molecule has 0 amide bonds. The summed E-state index contributed by atoms with van der Waals surface area (Å²) in [5.41, 5.74) is 10.2. The Labute approximate surface area is 154 Å². The molecule has 0 atom stereocenters. The van der Waals surface area contributed by atoms with Gasteiger partial charge in [0.2, 0.25) is 0 Å². The lowest BCUT2D eigenvalue weighted by molar-refractivity contribution is 0.304. The smallest absolute Gasteiger partial charge is 0.139 e. The number of pyridine rings is 1. The molecular weight excluding hydrogens is 324 g/mol. The van der Waals surface area contributed by atoms with Gasteiger partial charge in [0, 0.05) is 17.3 Å². The predicted molar refractivity (Wildman–Crippen MR) is 104 cm³/mol. The van der Waals surface area contributed by atoms with Gasteiger partial charge >= 0.3 is 0 Å². The number of ether oxygens (including phenoxy) is 1. The molecule has 1 aliphatic rings. The first-order chi connectivity index (χ1) is 12.6. The summed E-state index contributed by atoms with van der Waals surface area (Å²) in [7, 11) is 0. The summed E-state index contributed by atoms with van der Waals surface area (Å²) in [5, 5.41) is 8.19. The van der Waals surface area contributed by atoms with Crippen LogP contribution in [0, 0.1) is 5.92 Å². The number of fused-ring (bicyclic) bond motifs is 1. The maximum absolute atomic E-state index is 6.51. The van der Waals surface area contributed by atoms with E-state index in [0.29, 0.717) is 5.92 Å². The molecule has 0 spiro atoms. The molecule has 2 aromatic heterocycles. The first-order valence-electron chi connectivity index (χ1n) is 9.49. The molecule has 1 aliphatic carbocycles. The Balaban J connectivity index is 1.72. The Bertz CT molecular complexity index is 892. The highest BCUT2D eigenvalue weighted by Crippen LogP contribution is 2.38. The van der Waals surface area contributed by atoms with Crippen LogP contribution in [0.15, 0.2) is 36.7 Å². The second-order valence-corrected chi connectivity index (χ2v) is 7.32. The quantitative estimate of drug-likeness (QED) is 0.662. The molecule has 3 N–H and O–H groups in total. The van der Waals surface area contributed by atoms with Crippen molar-refractivity contribution in [3.05, 3.63) is 42.2 Å². The van der Waals surface area contributed by atoms with E-state index in [2.05, 4.69) is 36.2 Å². The Hall–Kier alpha value is -2.40.